The smallest absolute Gasteiger partial charge is 0.129 e. The van der Waals surface area contributed by atoms with Crippen molar-refractivity contribution >= 4 is 5.69 Å². The maximum absolute atomic E-state index is 13.8. The molecular formula is C14H23FN2. The van der Waals surface area contributed by atoms with E-state index in [1.165, 1.54) is 6.07 Å². The fourth-order valence-corrected chi connectivity index (χ4v) is 2.03. The Hall–Kier alpha value is -1.09. The lowest BCUT2D eigenvalue weighted by Crippen LogP contribution is -2.29. The summed E-state index contributed by atoms with van der Waals surface area (Å²) in [6, 6.07) is 5.31. The van der Waals surface area contributed by atoms with E-state index in [2.05, 4.69) is 31.0 Å². The van der Waals surface area contributed by atoms with Gasteiger partial charge in [0.25, 0.3) is 0 Å². The molecule has 1 aromatic carbocycles. The maximum atomic E-state index is 13.8. The van der Waals surface area contributed by atoms with E-state index in [0.717, 1.165) is 24.3 Å². The van der Waals surface area contributed by atoms with Crippen LogP contribution in [-0.2, 0) is 6.54 Å². The van der Waals surface area contributed by atoms with Crippen LogP contribution >= 0.6 is 0 Å². The third kappa shape index (κ3) is 3.70. The van der Waals surface area contributed by atoms with Gasteiger partial charge in [0, 0.05) is 30.9 Å². The predicted molar refractivity (Wildman–Crippen MR) is 71.9 cm³/mol. The molecule has 1 N–H and O–H groups in total. The SMILES string of the molecule is CCN(CC(C)C)c1cccc(F)c1CNC. The van der Waals surface area contributed by atoms with Gasteiger partial charge in [0.2, 0.25) is 0 Å². The van der Waals surface area contributed by atoms with Crippen molar-refractivity contribution < 1.29 is 4.39 Å². The van der Waals surface area contributed by atoms with Gasteiger partial charge in [0.05, 0.1) is 0 Å². The molecule has 0 aliphatic heterocycles. The predicted octanol–water partition coefficient (Wildman–Crippen LogP) is 3.03. The van der Waals surface area contributed by atoms with Gasteiger partial charge < -0.3 is 10.2 Å². The van der Waals surface area contributed by atoms with Crippen LogP contribution in [0.3, 0.4) is 0 Å². The molecule has 2 nitrogen and oxygen atoms in total. The van der Waals surface area contributed by atoms with Gasteiger partial charge in [-0.25, -0.2) is 4.39 Å². The van der Waals surface area contributed by atoms with Crippen molar-refractivity contribution in [2.24, 2.45) is 5.92 Å². The van der Waals surface area contributed by atoms with Gasteiger partial charge in [0.15, 0.2) is 0 Å². The molecule has 0 fully saturated rings. The summed E-state index contributed by atoms with van der Waals surface area (Å²) in [5.74, 6) is 0.444. The van der Waals surface area contributed by atoms with Gasteiger partial charge in [0.1, 0.15) is 5.82 Å². The van der Waals surface area contributed by atoms with E-state index < -0.39 is 0 Å². The normalized spacial score (nSPS) is 10.9. The first-order valence-electron chi connectivity index (χ1n) is 6.27. The van der Waals surface area contributed by atoms with Crippen molar-refractivity contribution in [3.05, 3.63) is 29.6 Å². The highest BCUT2D eigenvalue weighted by atomic mass is 19.1. The number of rotatable bonds is 6. The Morgan fingerprint density at radius 2 is 2.06 bits per heavy atom. The lowest BCUT2D eigenvalue weighted by Gasteiger charge is -2.27. The first kappa shape index (κ1) is 14.0. The van der Waals surface area contributed by atoms with E-state index in [-0.39, 0.29) is 5.82 Å². The molecule has 0 bridgehead atoms. The summed E-state index contributed by atoms with van der Waals surface area (Å²) < 4.78 is 13.8. The molecule has 1 aromatic rings. The maximum Gasteiger partial charge on any atom is 0.129 e. The Morgan fingerprint density at radius 3 is 2.59 bits per heavy atom. The van der Waals surface area contributed by atoms with Gasteiger partial charge in [-0.15, -0.1) is 0 Å². The van der Waals surface area contributed by atoms with Crippen LogP contribution in [0.15, 0.2) is 18.2 Å². The molecule has 0 atom stereocenters. The van der Waals surface area contributed by atoms with Gasteiger partial charge in [-0.3, -0.25) is 0 Å². The molecule has 3 heteroatoms. The van der Waals surface area contributed by atoms with Crippen LogP contribution in [0.5, 0.6) is 0 Å². The zero-order chi connectivity index (χ0) is 12.8. The summed E-state index contributed by atoms with van der Waals surface area (Å²) in [7, 11) is 1.84. The van der Waals surface area contributed by atoms with Crippen LogP contribution in [0.2, 0.25) is 0 Å². The highest BCUT2D eigenvalue weighted by molar-refractivity contribution is 5.54. The molecule has 0 aliphatic rings. The Morgan fingerprint density at radius 1 is 1.35 bits per heavy atom. The largest absolute Gasteiger partial charge is 0.371 e. The van der Waals surface area contributed by atoms with E-state index in [9.17, 15) is 4.39 Å². The fourth-order valence-electron chi connectivity index (χ4n) is 2.03. The molecule has 0 aromatic heterocycles. The molecule has 0 radical (unpaired) electrons. The zero-order valence-electron chi connectivity index (χ0n) is 11.3. The first-order chi connectivity index (χ1) is 8.10. The first-order valence-corrected chi connectivity index (χ1v) is 6.27. The van der Waals surface area contributed by atoms with E-state index >= 15 is 0 Å². The Balaban J connectivity index is 3.04. The molecule has 0 aliphatic carbocycles. The lowest BCUT2D eigenvalue weighted by atomic mass is 10.1. The van der Waals surface area contributed by atoms with Crippen molar-refractivity contribution in [3.8, 4) is 0 Å². The second kappa shape index (κ2) is 6.60. The van der Waals surface area contributed by atoms with Gasteiger partial charge in [-0.05, 0) is 32.0 Å². The summed E-state index contributed by atoms with van der Waals surface area (Å²) in [6.07, 6.45) is 0. The van der Waals surface area contributed by atoms with Crippen LogP contribution in [0.1, 0.15) is 26.3 Å². The molecule has 0 saturated carbocycles. The minimum atomic E-state index is -0.126. The third-order valence-corrected chi connectivity index (χ3v) is 2.76. The van der Waals surface area contributed by atoms with Crippen LogP contribution in [0.25, 0.3) is 0 Å². The molecule has 0 saturated heterocycles. The number of nitrogens with one attached hydrogen (secondary N) is 1. The van der Waals surface area contributed by atoms with E-state index in [0.29, 0.717) is 12.5 Å². The van der Waals surface area contributed by atoms with E-state index in [1.807, 2.05) is 13.1 Å². The quantitative estimate of drug-likeness (QED) is 0.819. The van der Waals surface area contributed by atoms with Gasteiger partial charge in [-0.1, -0.05) is 19.9 Å². The highest BCUT2D eigenvalue weighted by Crippen LogP contribution is 2.24. The monoisotopic (exact) mass is 238 g/mol. The molecule has 17 heavy (non-hydrogen) atoms. The lowest BCUT2D eigenvalue weighted by molar-refractivity contribution is 0.588. The van der Waals surface area contributed by atoms with Crippen LogP contribution in [0, 0.1) is 11.7 Å². The number of hydrogen-bond donors (Lipinski definition) is 1. The molecule has 96 valence electrons. The second-order valence-electron chi connectivity index (χ2n) is 4.70. The molecule has 1 rings (SSSR count). The number of anilines is 1. The molecular weight excluding hydrogens is 215 g/mol. The molecule has 0 spiro atoms. The second-order valence-corrected chi connectivity index (χ2v) is 4.70. The highest BCUT2D eigenvalue weighted by Gasteiger charge is 2.13. The summed E-state index contributed by atoms with van der Waals surface area (Å²) in [5, 5.41) is 3.03. The summed E-state index contributed by atoms with van der Waals surface area (Å²) in [4.78, 5) is 2.24. The van der Waals surface area contributed by atoms with Gasteiger partial charge in [-0.2, -0.15) is 0 Å². The van der Waals surface area contributed by atoms with Crippen LogP contribution < -0.4 is 10.2 Å². The summed E-state index contributed by atoms with van der Waals surface area (Å²) in [5.41, 5.74) is 1.77. The average Bonchev–Trinajstić information content (AvgIpc) is 2.29. The van der Waals surface area contributed by atoms with Crippen LogP contribution in [0.4, 0.5) is 10.1 Å². The summed E-state index contributed by atoms with van der Waals surface area (Å²) >= 11 is 0. The van der Waals surface area contributed by atoms with E-state index in [1.54, 1.807) is 6.07 Å². The Labute approximate surface area is 104 Å². The molecule has 0 amide bonds. The Bertz CT molecular complexity index is 350. The Kier molecular flexibility index (Phi) is 5.42. The van der Waals surface area contributed by atoms with Gasteiger partial charge >= 0.3 is 0 Å². The van der Waals surface area contributed by atoms with Crippen molar-refractivity contribution in [2.45, 2.75) is 27.3 Å². The number of hydrogen-bond acceptors (Lipinski definition) is 2. The zero-order valence-corrected chi connectivity index (χ0v) is 11.3. The molecule has 0 unspecified atom stereocenters. The minimum absolute atomic E-state index is 0.126. The van der Waals surface area contributed by atoms with Crippen molar-refractivity contribution in [2.75, 3.05) is 25.0 Å². The van der Waals surface area contributed by atoms with Crippen molar-refractivity contribution in [1.29, 1.82) is 0 Å². The van der Waals surface area contributed by atoms with Crippen molar-refractivity contribution in [1.82, 2.24) is 5.32 Å². The number of halogens is 1. The third-order valence-electron chi connectivity index (χ3n) is 2.76. The summed E-state index contributed by atoms with van der Waals surface area (Å²) in [6.45, 7) is 8.89. The average molecular weight is 238 g/mol. The standard InChI is InChI=1S/C14H23FN2/c1-5-17(10-11(2)3)14-8-6-7-13(15)12(14)9-16-4/h6-8,11,16H,5,9-10H2,1-4H3. The fraction of sp³-hybridized carbons (Fsp3) is 0.571. The van der Waals surface area contributed by atoms with Crippen molar-refractivity contribution in [3.63, 3.8) is 0 Å². The van der Waals surface area contributed by atoms with Crippen LogP contribution in [-0.4, -0.2) is 20.1 Å². The number of nitrogens with zero attached hydrogens (tertiary/aromatic N) is 1. The number of benzene rings is 1. The topological polar surface area (TPSA) is 15.3 Å². The molecule has 0 heterocycles. The minimum Gasteiger partial charge on any atom is -0.371 e. The van der Waals surface area contributed by atoms with E-state index in [4.69, 9.17) is 0 Å².